The molecule has 0 bridgehead atoms. The van der Waals surface area contributed by atoms with Crippen LogP contribution in [0.4, 0.5) is 11.6 Å². The van der Waals surface area contributed by atoms with Gasteiger partial charge in [0, 0.05) is 26.2 Å². The van der Waals surface area contributed by atoms with Gasteiger partial charge in [-0.2, -0.15) is 0 Å². The van der Waals surface area contributed by atoms with E-state index in [1.54, 1.807) is 6.92 Å². The van der Waals surface area contributed by atoms with Gasteiger partial charge in [-0.25, -0.2) is 9.97 Å². The molecule has 0 spiro atoms. The van der Waals surface area contributed by atoms with E-state index in [0.717, 1.165) is 30.6 Å². The van der Waals surface area contributed by atoms with Crippen molar-refractivity contribution in [1.29, 1.82) is 0 Å². The summed E-state index contributed by atoms with van der Waals surface area (Å²) in [7, 11) is 0. The van der Waals surface area contributed by atoms with Crippen molar-refractivity contribution >= 4 is 35.1 Å². The molecule has 1 heterocycles. The van der Waals surface area contributed by atoms with Crippen LogP contribution >= 0.6 is 11.6 Å². The number of nitrogens with zero attached hydrogens (tertiary/aromatic N) is 4. The van der Waals surface area contributed by atoms with Crippen LogP contribution in [0.2, 0.25) is 5.15 Å². The van der Waals surface area contributed by atoms with Crippen LogP contribution < -0.4 is 27.3 Å². The maximum Gasteiger partial charge on any atom is 0.280 e. The van der Waals surface area contributed by atoms with Gasteiger partial charge in [-0.1, -0.05) is 23.7 Å². The van der Waals surface area contributed by atoms with E-state index in [1.807, 2.05) is 24.3 Å². The second kappa shape index (κ2) is 17.5. The van der Waals surface area contributed by atoms with E-state index in [2.05, 4.69) is 25.2 Å². The number of hydrogen-bond acceptors (Lipinski definition) is 11. The van der Waals surface area contributed by atoms with E-state index >= 15 is 0 Å². The normalized spacial score (nSPS) is 13.3. The SMILES string of the molecule is C[C@@H](O)CCN(CCOc1ccc(CCCCN=C(N)NC(=O)c2nc(Cl)c(N)nc2N)cc1)CC[C@H](O)CO. The summed E-state index contributed by atoms with van der Waals surface area (Å²) in [6.07, 6.45) is 2.41. The minimum Gasteiger partial charge on any atom is -0.492 e. The minimum atomic E-state index is -0.747. The summed E-state index contributed by atoms with van der Waals surface area (Å²) in [5, 5.41) is 30.5. The zero-order valence-corrected chi connectivity index (χ0v) is 23.6. The molecule has 1 aromatic carbocycles. The van der Waals surface area contributed by atoms with Gasteiger partial charge >= 0.3 is 0 Å². The Labute approximate surface area is 239 Å². The molecule has 1 amide bonds. The zero-order valence-electron chi connectivity index (χ0n) is 22.8. The number of nitrogens with one attached hydrogen (secondary N) is 1. The van der Waals surface area contributed by atoms with Crippen LogP contribution in [-0.4, -0.2) is 93.7 Å². The third-order valence-electron chi connectivity index (χ3n) is 5.97. The van der Waals surface area contributed by atoms with Crippen molar-refractivity contribution in [3.8, 4) is 5.75 Å². The van der Waals surface area contributed by atoms with Crippen LogP contribution in [0.1, 0.15) is 48.7 Å². The topological polar surface area (TPSA) is 218 Å². The molecule has 0 unspecified atom stereocenters. The number of guanidine groups is 1. The molecule has 0 radical (unpaired) electrons. The lowest BCUT2D eigenvalue weighted by Gasteiger charge is -2.24. The highest BCUT2D eigenvalue weighted by Crippen LogP contribution is 2.17. The maximum absolute atomic E-state index is 12.3. The Bertz CT molecular complexity index is 1090. The van der Waals surface area contributed by atoms with Gasteiger partial charge in [-0.05, 0) is 56.7 Å². The predicted octanol–water partition coefficient (Wildman–Crippen LogP) is 0.557. The standard InChI is InChI=1S/C26H41ClN8O5/c1-17(37)9-12-35(13-10-19(38)16-36)14-15-40-20-7-5-18(6-8-20)4-2-3-11-31-26(30)34-25(39)21-23(28)33-24(29)22(27)32-21/h5-8,17,19,36-38H,2-4,9-16H2,1H3,(H4,28,29,33)(H3,30,31,34,39)/t17-,19+/m1/s1. The van der Waals surface area contributed by atoms with E-state index < -0.39 is 18.1 Å². The fraction of sp³-hybridized carbons (Fsp3) is 0.538. The number of unbranched alkanes of at least 4 members (excludes halogenated alkanes) is 1. The molecule has 13 nitrogen and oxygen atoms in total. The van der Waals surface area contributed by atoms with E-state index in [0.29, 0.717) is 45.6 Å². The third-order valence-corrected chi connectivity index (χ3v) is 6.25. The van der Waals surface area contributed by atoms with E-state index in [9.17, 15) is 15.0 Å². The van der Waals surface area contributed by atoms with Gasteiger partial charge in [0.1, 0.15) is 12.4 Å². The Kier molecular flexibility index (Phi) is 14.4. The van der Waals surface area contributed by atoms with E-state index in [4.69, 9.17) is 38.6 Å². The molecule has 0 aliphatic heterocycles. The van der Waals surface area contributed by atoms with Gasteiger partial charge in [0.05, 0.1) is 18.8 Å². The van der Waals surface area contributed by atoms with Crippen LogP contribution in [0.25, 0.3) is 0 Å². The number of anilines is 2. The predicted molar refractivity (Wildman–Crippen MR) is 155 cm³/mol. The molecule has 0 saturated carbocycles. The second-order valence-corrected chi connectivity index (χ2v) is 9.77. The third kappa shape index (κ3) is 12.3. The number of carbonyl (C=O) groups excluding carboxylic acids is 1. The summed E-state index contributed by atoms with van der Waals surface area (Å²) >= 11 is 5.80. The number of aromatic nitrogens is 2. The molecule has 40 heavy (non-hydrogen) atoms. The highest BCUT2D eigenvalue weighted by molar-refractivity contribution is 6.31. The van der Waals surface area contributed by atoms with Crippen LogP contribution in [0.15, 0.2) is 29.3 Å². The van der Waals surface area contributed by atoms with E-state index in [-0.39, 0.29) is 35.0 Å². The number of carbonyl (C=O) groups is 1. The molecule has 1 aromatic heterocycles. The number of aliphatic hydroxyl groups excluding tert-OH is 3. The van der Waals surface area contributed by atoms with Gasteiger partial charge in [-0.3, -0.25) is 20.0 Å². The Morgan fingerprint density at radius 3 is 2.48 bits per heavy atom. The first-order valence-corrected chi connectivity index (χ1v) is 13.6. The molecule has 14 heteroatoms. The molecule has 0 aliphatic carbocycles. The van der Waals surface area contributed by atoms with Crippen LogP contribution in [0.3, 0.4) is 0 Å². The highest BCUT2D eigenvalue weighted by Gasteiger charge is 2.16. The monoisotopic (exact) mass is 580 g/mol. The molecule has 0 saturated heterocycles. The summed E-state index contributed by atoms with van der Waals surface area (Å²) in [6.45, 7) is 4.31. The minimum absolute atomic E-state index is 0.0605. The summed E-state index contributed by atoms with van der Waals surface area (Å²) < 4.78 is 5.87. The summed E-state index contributed by atoms with van der Waals surface area (Å²) in [4.78, 5) is 26.1. The van der Waals surface area contributed by atoms with Crippen LogP contribution in [0, 0.1) is 0 Å². The molecule has 222 valence electrons. The van der Waals surface area contributed by atoms with Crippen LogP contribution in [0.5, 0.6) is 5.75 Å². The first-order chi connectivity index (χ1) is 19.1. The average Bonchev–Trinajstić information content (AvgIpc) is 2.92. The molecular weight excluding hydrogens is 540 g/mol. The number of ether oxygens (including phenoxy) is 1. The van der Waals surface area contributed by atoms with E-state index in [1.165, 1.54) is 0 Å². The number of amides is 1. The molecule has 2 rings (SSSR count). The average molecular weight is 581 g/mol. The largest absolute Gasteiger partial charge is 0.492 e. The van der Waals surface area contributed by atoms with Crippen LogP contribution in [-0.2, 0) is 6.42 Å². The lowest BCUT2D eigenvalue weighted by molar-refractivity contribution is 0.0719. The quantitative estimate of drug-likeness (QED) is 0.0778. The number of aliphatic imine (C=N–C) groups is 1. The van der Waals surface area contributed by atoms with Crippen molar-refractivity contribution in [1.82, 2.24) is 20.2 Å². The van der Waals surface area contributed by atoms with Gasteiger partial charge < -0.3 is 37.3 Å². The van der Waals surface area contributed by atoms with Gasteiger partial charge in [0.2, 0.25) is 0 Å². The van der Waals surface area contributed by atoms with Crippen molar-refractivity contribution in [3.05, 3.63) is 40.7 Å². The molecule has 0 fully saturated rings. The Morgan fingerprint density at radius 2 is 1.80 bits per heavy atom. The smallest absolute Gasteiger partial charge is 0.280 e. The van der Waals surface area contributed by atoms with Crippen molar-refractivity contribution in [2.45, 2.75) is 51.2 Å². The molecular formula is C26H41ClN8O5. The number of nitrogens with two attached hydrogens (primary N) is 3. The lowest BCUT2D eigenvalue weighted by Crippen LogP contribution is -2.38. The van der Waals surface area contributed by atoms with Gasteiger partial charge in [0.15, 0.2) is 28.4 Å². The molecule has 2 atom stereocenters. The van der Waals surface area contributed by atoms with Gasteiger partial charge in [-0.15, -0.1) is 0 Å². The number of aryl methyl sites for hydroxylation is 1. The zero-order chi connectivity index (χ0) is 29.5. The number of rotatable bonds is 17. The Morgan fingerprint density at radius 1 is 1.10 bits per heavy atom. The molecule has 0 aliphatic rings. The Hall–Kier alpha value is -3.23. The number of aliphatic hydroxyl groups is 3. The number of hydrogen-bond donors (Lipinski definition) is 7. The first-order valence-electron chi connectivity index (χ1n) is 13.2. The second-order valence-electron chi connectivity index (χ2n) is 9.41. The number of nitrogen functional groups attached to an aromatic ring is 2. The highest BCUT2D eigenvalue weighted by atomic mass is 35.5. The molecule has 2 aromatic rings. The maximum atomic E-state index is 12.3. The molecule has 10 N–H and O–H groups in total. The Balaban J connectivity index is 1.70. The lowest BCUT2D eigenvalue weighted by atomic mass is 10.1. The fourth-order valence-corrected chi connectivity index (χ4v) is 3.76. The number of benzene rings is 1. The van der Waals surface area contributed by atoms with Gasteiger partial charge in [0.25, 0.3) is 5.91 Å². The van der Waals surface area contributed by atoms with Crippen molar-refractivity contribution in [2.75, 3.05) is 50.9 Å². The summed E-state index contributed by atoms with van der Waals surface area (Å²) in [6, 6.07) is 7.88. The van der Waals surface area contributed by atoms with Crippen molar-refractivity contribution in [2.24, 2.45) is 10.7 Å². The van der Waals surface area contributed by atoms with Crippen molar-refractivity contribution < 1.29 is 24.9 Å². The fourth-order valence-electron chi connectivity index (χ4n) is 3.64. The van der Waals surface area contributed by atoms with Crippen molar-refractivity contribution in [3.63, 3.8) is 0 Å². The summed E-state index contributed by atoms with van der Waals surface area (Å²) in [5.41, 5.74) is 17.9. The first kappa shape index (κ1) is 33.0. The number of halogens is 1. The summed E-state index contributed by atoms with van der Waals surface area (Å²) in [5.74, 6) is -0.207.